The summed E-state index contributed by atoms with van der Waals surface area (Å²) in [6.45, 7) is 0.0620. The van der Waals surface area contributed by atoms with Crippen molar-refractivity contribution in [2.75, 3.05) is 0 Å². The van der Waals surface area contributed by atoms with E-state index >= 15 is 0 Å². The second kappa shape index (κ2) is 7.54. The van der Waals surface area contributed by atoms with Gasteiger partial charge in [0.15, 0.2) is 0 Å². The lowest BCUT2D eigenvalue weighted by Crippen LogP contribution is -2.50. The Labute approximate surface area is 134 Å². The molecule has 118 valence electrons. The topological polar surface area (TPSA) is 96.3 Å². The van der Waals surface area contributed by atoms with Gasteiger partial charge in [0.1, 0.15) is 18.6 Å². The fourth-order valence-corrected chi connectivity index (χ4v) is 2.18. The van der Waals surface area contributed by atoms with E-state index in [4.69, 9.17) is 15.7 Å². The summed E-state index contributed by atoms with van der Waals surface area (Å²) < 4.78 is 5.22. The Morgan fingerprint density at radius 2 is 1.65 bits per heavy atom. The zero-order chi connectivity index (χ0) is 16.7. The number of carbonyl (C=O) groups is 1. The summed E-state index contributed by atoms with van der Waals surface area (Å²) in [5.74, 6) is -1.87. The second-order valence-corrected chi connectivity index (χ2v) is 5.27. The average molecular weight is 310 g/mol. The van der Waals surface area contributed by atoms with Gasteiger partial charge in [-0.15, -0.1) is 0 Å². The average Bonchev–Trinajstić information content (AvgIpc) is 2.59. The van der Waals surface area contributed by atoms with E-state index in [2.05, 4.69) is 0 Å². The van der Waals surface area contributed by atoms with Crippen molar-refractivity contribution in [1.82, 2.24) is 0 Å². The number of carbonyl (C=O) groups excluding carboxylic acids is 1. The Bertz CT molecular complexity index is 678. The zero-order valence-corrected chi connectivity index (χ0v) is 12.6. The number of benzene rings is 2. The van der Waals surface area contributed by atoms with Crippen molar-refractivity contribution in [3.63, 3.8) is 0 Å². The van der Waals surface area contributed by atoms with Crippen LogP contribution in [0.25, 0.3) is 0 Å². The molecule has 0 saturated carbocycles. The molecule has 2 aromatic rings. The van der Waals surface area contributed by atoms with Gasteiger partial charge in [-0.1, -0.05) is 60.7 Å². The number of nitriles is 1. The minimum atomic E-state index is -2.29. The molecule has 0 spiro atoms. The van der Waals surface area contributed by atoms with Crippen LogP contribution in [0.1, 0.15) is 11.1 Å². The summed E-state index contributed by atoms with van der Waals surface area (Å²) in [6.07, 6.45) is 0.120. The molecule has 0 aromatic heterocycles. The highest BCUT2D eigenvalue weighted by molar-refractivity contribution is 5.75. The third kappa shape index (κ3) is 4.65. The molecule has 0 heterocycles. The molecule has 0 bridgehead atoms. The van der Waals surface area contributed by atoms with Crippen LogP contribution in [0.2, 0.25) is 0 Å². The molecule has 2 aromatic carbocycles. The number of hydrogen-bond acceptors (Lipinski definition) is 5. The van der Waals surface area contributed by atoms with Crippen LogP contribution in [-0.2, 0) is 22.6 Å². The largest absolute Gasteiger partial charge is 0.460 e. The summed E-state index contributed by atoms with van der Waals surface area (Å²) in [5, 5.41) is 19.1. The number of hydrogen-bond donors (Lipinski definition) is 2. The standard InChI is InChI=1S/C18H18N2O3/c19-13-18(20,22)16(11-14-7-3-1-4-8-14)17(21)23-12-15-9-5-2-6-10-15/h1-10,16,22H,11-12,20H2/t16-,18?/m1/s1. The molecule has 0 radical (unpaired) electrons. The summed E-state index contributed by atoms with van der Waals surface area (Å²) in [4.78, 5) is 12.3. The van der Waals surface area contributed by atoms with Crippen molar-refractivity contribution in [1.29, 1.82) is 5.26 Å². The van der Waals surface area contributed by atoms with Crippen LogP contribution in [0.5, 0.6) is 0 Å². The third-order valence-electron chi connectivity index (χ3n) is 3.50. The Morgan fingerprint density at radius 3 is 2.17 bits per heavy atom. The lowest BCUT2D eigenvalue weighted by atomic mass is 9.90. The van der Waals surface area contributed by atoms with Crippen molar-refractivity contribution in [3.8, 4) is 6.07 Å². The van der Waals surface area contributed by atoms with E-state index in [0.29, 0.717) is 0 Å². The summed E-state index contributed by atoms with van der Waals surface area (Å²) in [5.41, 5.74) is 4.89. The Balaban J connectivity index is 2.10. The maximum Gasteiger partial charge on any atom is 0.315 e. The molecule has 2 rings (SSSR count). The molecule has 0 fully saturated rings. The molecule has 0 amide bonds. The van der Waals surface area contributed by atoms with Crippen LogP contribution in [0, 0.1) is 17.2 Å². The van der Waals surface area contributed by atoms with Crippen LogP contribution < -0.4 is 5.73 Å². The molecule has 2 atom stereocenters. The first kappa shape index (κ1) is 16.7. The van der Waals surface area contributed by atoms with Gasteiger partial charge in [0.05, 0.1) is 0 Å². The summed E-state index contributed by atoms with van der Waals surface area (Å²) >= 11 is 0. The van der Waals surface area contributed by atoms with Crippen molar-refractivity contribution >= 4 is 5.97 Å². The predicted molar refractivity (Wildman–Crippen MR) is 84.6 cm³/mol. The van der Waals surface area contributed by atoms with Gasteiger partial charge in [-0.25, -0.2) is 0 Å². The number of aliphatic hydroxyl groups is 1. The highest BCUT2D eigenvalue weighted by atomic mass is 16.5. The summed E-state index contributed by atoms with van der Waals surface area (Å²) in [6, 6.07) is 19.8. The van der Waals surface area contributed by atoms with Crippen LogP contribution in [-0.4, -0.2) is 16.8 Å². The zero-order valence-electron chi connectivity index (χ0n) is 12.6. The number of esters is 1. The Hall–Kier alpha value is -2.68. The number of rotatable bonds is 6. The van der Waals surface area contributed by atoms with E-state index in [9.17, 15) is 9.90 Å². The van der Waals surface area contributed by atoms with E-state index in [1.54, 1.807) is 18.2 Å². The van der Waals surface area contributed by atoms with E-state index < -0.39 is 17.6 Å². The fraction of sp³-hybridized carbons (Fsp3) is 0.222. The quantitative estimate of drug-likeness (QED) is 0.481. The molecule has 3 N–H and O–H groups in total. The molecule has 0 aliphatic carbocycles. The minimum Gasteiger partial charge on any atom is -0.460 e. The van der Waals surface area contributed by atoms with Crippen molar-refractivity contribution in [2.45, 2.75) is 18.8 Å². The first-order chi connectivity index (χ1) is 11.0. The van der Waals surface area contributed by atoms with Gasteiger partial charge in [-0.3, -0.25) is 10.5 Å². The van der Waals surface area contributed by atoms with E-state index in [1.165, 1.54) is 0 Å². The van der Waals surface area contributed by atoms with Gasteiger partial charge in [0.2, 0.25) is 5.72 Å². The van der Waals surface area contributed by atoms with Crippen molar-refractivity contribution in [3.05, 3.63) is 71.8 Å². The van der Waals surface area contributed by atoms with Gasteiger partial charge in [0.25, 0.3) is 0 Å². The third-order valence-corrected chi connectivity index (χ3v) is 3.50. The van der Waals surface area contributed by atoms with Gasteiger partial charge in [-0.05, 0) is 17.5 Å². The number of nitrogens with two attached hydrogens (primary N) is 1. The van der Waals surface area contributed by atoms with Crippen LogP contribution >= 0.6 is 0 Å². The number of nitrogens with zero attached hydrogens (tertiary/aromatic N) is 1. The van der Waals surface area contributed by atoms with Crippen LogP contribution in [0.4, 0.5) is 0 Å². The maximum atomic E-state index is 12.3. The predicted octanol–water partition coefficient (Wildman–Crippen LogP) is 1.76. The molecule has 1 unspecified atom stereocenters. The van der Waals surface area contributed by atoms with Crippen molar-refractivity contribution < 1.29 is 14.6 Å². The molecule has 0 saturated heterocycles. The minimum absolute atomic E-state index is 0.0620. The Kier molecular flexibility index (Phi) is 5.47. The molecule has 5 heteroatoms. The van der Waals surface area contributed by atoms with Gasteiger partial charge >= 0.3 is 5.97 Å². The lowest BCUT2D eigenvalue weighted by Gasteiger charge is -2.24. The van der Waals surface area contributed by atoms with Gasteiger partial charge < -0.3 is 9.84 Å². The molecule has 23 heavy (non-hydrogen) atoms. The highest BCUT2D eigenvalue weighted by Crippen LogP contribution is 2.20. The smallest absolute Gasteiger partial charge is 0.315 e. The maximum absolute atomic E-state index is 12.3. The van der Waals surface area contributed by atoms with Crippen LogP contribution in [0.3, 0.4) is 0 Å². The molecule has 0 aliphatic rings. The SMILES string of the molecule is N#CC(N)(O)[C@H](Cc1ccccc1)C(=O)OCc1ccccc1. The fourth-order valence-electron chi connectivity index (χ4n) is 2.18. The molecular weight excluding hydrogens is 292 g/mol. The van der Waals surface area contributed by atoms with E-state index in [0.717, 1.165) is 11.1 Å². The second-order valence-electron chi connectivity index (χ2n) is 5.27. The first-order valence-corrected chi connectivity index (χ1v) is 7.20. The molecule has 5 nitrogen and oxygen atoms in total. The molecular formula is C18H18N2O3. The van der Waals surface area contributed by atoms with E-state index in [1.807, 2.05) is 48.5 Å². The highest BCUT2D eigenvalue weighted by Gasteiger charge is 2.39. The monoisotopic (exact) mass is 310 g/mol. The Morgan fingerprint density at radius 1 is 1.13 bits per heavy atom. The first-order valence-electron chi connectivity index (χ1n) is 7.20. The number of ether oxygens (including phenoxy) is 1. The summed E-state index contributed by atoms with van der Waals surface area (Å²) in [7, 11) is 0. The normalized spacial score (nSPS) is 14.3. The van der Waals surface area contributed by atoms with Gasteiger partial charge in [0, 0.05) is 0 Å². The van der Waals surface area contributed by atoms with Crippen LogP contribution in [0.15, 0.2) is 60.7 Å². The van der Waals surface area contributed by atoms with Crippen molar-refractivity contribution in [2.24, 2.45) is 11.7 Å². The van der Waals surface area contributed by atoms with Gasteiger partial charge in [-0.2, -0.15) is 5.26 Å². The lowest BCUT2D eigenvalue weighted by molar-refractivity contribution is -0.156. The van der Waals surface area contributed by atoms with E-state index in [-0.39, 0.29) is 13.0 Å². The molecule has 0 aliphatic heterocycles.